The van der Waals surface area contributed by atoms with Crippen molar-refractivity contribution in [2.24, 2.45) is 23.7 Å². The Hall–Kier alpha value is -1.04. The third-order valence-electron chi connectivity index (χ3n) is 6.60. The van der Waals surface area contributed by atoms with Crippen LogP contribution in [0.1, 0.15) is 69.8 Å². The third kappa shape index (κ3) is 4.96. The van der Waals surface area contributed by atoms with Crippen LogP contribution < -0.4 is 0 Å². The minimum absolute atomic E-state index is 0.942. The molecule has 2 saturated carbocycles. The van der Waals surface area contributed by atoms with E-state index in [4.69, 9.17) is 0 Å². The Kier molecular flexibility index (Phi) is 6.37. The fourth-order valence-corrected chi connectivity index (χ4v) is 5.11. The first-order valence-corrected chi connectivity index (χ1v) is 10.00. The predicted molar refractivity (Wildman–Crippen MR) is 100 cm³/mol. The largest absolute Gasteiger partial charge is 0.103 e. The molecule has 0 bridgehead atoms. The molecule has 2 aliphatic carbocycles. The van der Waals surface area contributed by atoms with Crippen LogP contribution in [0.15, 0.2) is 43.0 Å². The topological polar surface area (TPSA) is 0 Å². The molecule has 0 spiro atoms. The van der Waals surface area contributed by atoms with Gasteiger partial charge in [-0.15, -0.1) is 6.58 Å². The van der Waals surface area contributed by atoms with E-state index in [9.17, 15) is 0 Å². The van der Waals surface area contributed by atoms with Crippen molar-refractivity contribution < 1.29 is 0 Å². The Morgan fingerprint density at radius 3 is 1.91 bits per heavy atom. The molecule has 3 rings (SSSR count). The summed E-state index contributed by atoms with van der Waals surface area (Å²) in [5, 5.41) is 0. The molecule has 0 saturated heterocycles. The molecule has 0 atom stereocenters. The van der Waals surface area contributed by atoms with E-state index in [-0.39, 0.29) is 0 Å². The van der Waals surface area contributed by atoms with E-state index in [0.29, 0.717) is 0 Å². The number of rotatable bonds is 6. The fraction of sp³-hybridized carbons (Fsp3) is 0.652. The van der Waals surface area contributed by atoms with Crippen LogP contribution in [0.5, 0.6) is 0 Å². The summed E-state index contributed by atoms with van der Waals surface area (Å²) in [5.74, 6) is 4.03. The highest BCUT2D eigenvalue weighted by Crippen LogP contribution is 2.42. The molecular weight excluding hydrogens is 276 g/mol. The molecule has 2 fully saturated rings. The second-order valence-electron chi connectivity index (χ2n) is 8.12. The molecule has 126 valence electrons. The van der Waals surface area contributed by atoms with Gasteiger partial charge in [-0.1, -0.05) is 49.2 Å². The highest BCUT2D eigenvalue weighted by molar-refractivity contribution is 5.15. The van der Waals surface area contributed by atoms with Gasteiger partial charge in [-0.3, -0.25) is 0 Å². The van der Waals surface area contributed by atoms with Crippen molar-refractivity contribution in [3.8, 4) is 0 Å². The second kappa shape index (κ2) is 8.71. The lowest BCUT2D eigenvalue weighted by molar-refractivity contribution is 0.144. The van der Waals surface area contributed by atoms with Crippen molar-refractivity contribution in [1.29, 1.82) is 0 Å². The standard InChI is InChI=1S/C23H34/c1-2-3-7-19-10-14-22(15-11-19)23-16-12-21(13-17-23)18-20-8-5-4-6-9-20/h2,4-6,8-9,19,21-23H,1,3,7,10-18H2. The third-order valence-corrected chi connectivity index (χ3v) is 6.60. The number of hydrogen-bond acceptors (Lipinski definition) is 0. The molecule has 23 heavy (non-hydrogen) atoms. The Bertz CT molecular complexity index is 444. The van der Waals surface area contributed by atoms with Crippen molar-refractivity contribution in [1.82, 2.24) is 0 Å². The lowest BCUT2D eigenvalue weighted by Gasteiger charge is -2.38. The highest BCUT2D eigenvalue weighted by Gasteiger charge is 2.30. The van der Waals surface area contributed by atoms with Crippen LogP contribution in [0, 0.1) is 23.7 Å². The summed E-state index contributed by atoms with van der Waals surface area (Å²) in [6.07, 6.45) is 17.9. The predicted octanol–water partition coefficient (Wildman–Crippen LogP) is 6.81. The summed E-state index contributed by atoms with van der Waals surface area (Å²) in [6.45, 7) is 3.87. The van der Waals surface area contributed by atoms with Crippen LogP contribution in [0.4, 0.5) is 0 Å². The van der Waals surface area contributed by atoms with Gasteiger partial charge in [-0.05, 0) is 87.0 Å². The second-order valence-corrected chi connectivity index (χ2v) is 8.12. The van der Waals surface area contributed by atoms with Gasteiger partial charge in [0.25, 0.3) is 0 Å². The Morgan fingerprint density at radius 1 is 0.783 bits per heavy atom. The maximum absolute atomic E-state index is 3.87. The van der Waals surface area contributed by atoms with Crippen molar-refractivity contribution in [2.45, 2.75) is 70.6 Å². The zero-order chi connectivity index (χ0) is 15.9. The van der Waals surface area contributed by atoms with Gasteiger partial charge < -0.3 is 0 Å². The smallest absolute Gasteiger partial charge is 0.0250 e. The van der Waals surface area contributed by atoms with E-state index in [2.05, 4.69) is 43.0 Å². The van der Waals surface area contributed by atoms with Crippen molar-refractivity contribution >= 4 is 0 Å². The maximum Gasteiger partial charge on any atom is -0.0250 e. The molecule has 0 nitrogen and oxygen atoms in total. The lowest BCUT2D eigenvalue weighted by atomic mass is 9.68. The SMILES string of the molecule is C=CCCC1CCC(C2CCC(Cc3ccccc3)CC2)CC1. The van der Waals surface area contributed by atoms with Gasteiger partial charge >= 0.3 is 0 Å². The molecule has 0 radical (unpaired) electrons. The van der Waals surface area contributed by atoms with Gasteiger partial charge in [0, 0.05) is 0 Å². The summed E-state index contributed by atoms with van der Waals surface area (Å²) < 4.78 is 0. The van der Waals surface area contributed by atoms with Gasteiger partial charge in [-0.2, -0.15) is 0 Å². The molecule has 1 aromatic carbocycles. The monoisotopic (exact) mass is 310 g/mol. The molecule has 0 unspecified atom stereocenters. The summed E-state index contributed by atoms with van der Waals surface area (Å²) >= 11 is 0. The van der Waals surface area contributed by atoms with E-state index in [1.807, 2.05) is 0 Å². The zero-order valence-corrected chi connectivity index (χ0v) is 14.8. The first-order chi connectivity index (χ1) is 11.3. The summed E-state index contributed by atoms with van der Waals surface area (Å²) in [4.78, 5) is 0. The minimum atomic E-state index is 0.942. The van der Waals surface area contributed by atoms with Crippen molar-refractivity contribution in [3.05, 3.63) is 48.6 Å². The van der Waals surface area contributed by atoms with E-state index < -0.39 is 0 Å². The van der Waals surface area contributed by atoms with Gasteiger partial charge in [0.15, 0.2) is 0 Å². The first kappa shape index (κ1) is 16.8. The van der Waals surface area contributed by atoms with Crippen LogP contribution in [0.2, 0.25) is 0 Å². The van der Waals surface area contributed by atoms with E-state index in [1.54, 1.807) is 5.56 Å². The van der Waals surface area contributed by atoms with E-state index in [1.165, 1.54) is 70.6 Å². The van der Waals surface area contributed by atoms with Gasteiger partial charge in [0.1, 0.15) is 0 Å². The van der Waals surface area contributed by atoms with Gasteiger partial charge in [-0.25, -0.2) is 0 Å². The van der Waals surface area contributed by atoms with Crippen LogP contribution in [0.25, 0.3) is 0 Å². The number of hydrogen-bond donors (Lipinski definition) is 0. The Labute approximate surface area is 143 Å². The highest BCUT2D eigenvalue weighted by atomic mass is 14.4. The molecule has 0 aromatic heterocycles. The normalized spacial score (nSPS) is 31.7. The zero-order valence-electron chi connectivity index (χ0n) is 14.8. The quantitative estimate of drug-likeness (QED) is 0.506. The van der Waals surface area contributed by atoms with E-state index in [0.717, 1.165) is 23.7 Å². The molecule has 2 aliphatic rings. The summed E-state index contributed by atoms with van der Waals surface area (Å²) in [6, 6.07) is 11.1. The van der Waals surface area contributed by atoms with Gasteiger partial charge in [0.05, 0.1) is 0 Å². The van der Waals surface area contributed by atoms with Crippen LogP contribution >= 0.6 is 0 Å². The summed E-state index contributed by atoms with van der Waals surface area (Å²) in [5.41, 5.74) is 1.54. The molecule has 0 aliphatic heterocycles. The first-order valence-electron chi connectivity index (χ1n) is 10.00. The molecule has 0 heteroatoms. The maximum atomic E-state index is 3.87. The summed E-state index contributed by atoms with van der Waals surface area (Å²) in [7, 11) is 0. The molecule has 1 aromatic rings. The average Bonchev–Trinajstić information content (AvgIpc) is 2.62. The van der Waals surface area contributed by atoms with Gasteiger partial charge in [0.2, 0.25) is 0 Å². The number of benzene rings is 1. The molecule has 0 amide bonds. The van der Waals surface area contributed by atoms with Crippen LogP contribution in [-0.2, 0) is 6.42 Å². The Morgan fingerprint density at radius 2 is 1.35 bits per heavy atom. The fourth-order valence-electron chi connectivity index (χ4n) is 5.11. The molecule has 0 heterocycles. The average molecular weight is 311 g/mol. The number of allylic oxidation sites excluding steroid dienone is 1. The van der Waals surface area contributed by atoms with Crippen molar-refractivity contribution in [3.63, 3.8) is 0 Å². The lowest BCUT2D eigenvalue weighted by Crippen LogP contribution is -2.26. The Balaban J connectivity index is 1.39. The van der Waals surface area contributed by atoms with Crippen LogP contribution in [0.3, 0.4) is 0 Å². The van der Waals surface area contributed by atoms with Crippen molar-refractivity contribution in [2.75, 3.05) is 0 Å². The van der Waals surface area contributed by atoms with Crippen LogP contribution in [-0.4, -0.2) is 0 Å². The van der Waals surface area contributed by atoms with E-state index >= 15 is 0 Å². The molecular formula is C23H34. The minimum Gasteiger partial charge on any atom is -0.103 e. The molecule has 0 N–H and O–H groups in total.